The molecule has 1 aliphatic heterocycles. The van der Waals surface area contributed by atoms with Crippen molar-refractivity contribution < 1.29 is 19.1 Å². The standard InChI is InChI=1S/C27H31N3O4/c1-20(2)30(26(32)19-34-22-10-5-4-6-11-22)18-25(31)29-16-15-28-14-8-13-24(28)27(29)21-9-7-12-23(17-21)33-3/h4-14,17,20,27H,15-16,18-19H2,1-3H3. The monoisotopic (exact) mass is 461 g/mol. The largest absolute Gasteiger partial charge is 0.497 e. The number of nitrogens with zero attached hydrogens (tertiary/aromatic N) is 3. The second-order valence-corrected chi connectivity index (χ2v) is 8.61. The lowest BCUT2D eigenvalue weighted by Crippen LogP contribution is -2.50. The molecule has 4 rings (SSSR count). The number of hydrogen-bond acceptors (Lipinski definition) is 4. The molecule has 2 amide bonds. The van der Waals surface area contributed by atoms with Gasteiger partial charge < -0.3 is 23.8 Å². The molecule has 1 unspecified atom stereocenters. The van der Waals surface area contributed by atoms with E-state index in [4.69, 9.17) is 9.47 Å². The number of hydrogen-bond donors (Lipinski definition) is 0. The van der Waals surface area contributed by atoms with Crippen LogP contribution in [0, 0.1) is 0 Å². The fraction of sp³-hybridized carbons (Fsp3) is 0.333. The van der Waals surface area contributed by atoms with Crippen LogP contribution in [0.5, 0.6) is 11.5 Å². The molecule has 7 heteroatoms. The molecule has 178 valence electrons. The van der Waals surface area contributed by atoms with Crippen molar-refractivity contribution in [1.29, 1.82) is 0 Å². The van der Waals surface area contributed by atoms with Gasteiger partial charge in [0.15, 0.2) is 6.61 Å². The van der Waals surface area contributed by atoms with Crippen LogP contribution in [0.3, 0.4) is 0 Å². The van der Waals surface area contributed by atoms with Gasteiger partial charge in [-0.3, -0.25) is 9.59 Å². The number of benzene rings is 2. The minimum absolute atomic E-state index is 0.00414. The number of aromatic nitrogens is 1. The lowest BCUT2D eigenvalue weighted by Gasteiger charge is -2.39. The van der Waals surface area contributed by atoms with E-state index < -0.39 is 0 Å². The second-order valence-electron chi connectivity index (χ2n) is 8.61. The van der Waals surface area contributed by atoms with Gasteiger partial charge in [-0.15, -0.1) is 0 Å². The minimum Gasteiger partial charge on any atom is -0.497 e. The van der Waals surface area contributed by atoms with Gasteiger partial charge in [0.2, 0.25) is 5.91 Å². The summed E-state index contributed by atoms with van der Waals surface area (Å²) >= 11 is 0. The van der Waals surface area contributed by atoms with E-state index in [0.717, 1.165) is 17.0 Å². The number of methoxy groups -OCH3 is 1. The highest BCUT2D eigenvalue weighted by Crippen LogP contribution is 2.34. The summed E-state index contributed by atoms with van der Waals surface area (Å²) in [5, 5.41) is 0. The smallest absolute Gasteiger partial charge is 0.261 e. The van der Waals surface area contributed by atoms with E-state index in [1.54, 1.807) is 24.1 Å². The fourth-order valence-electron chi connectivity index (χ4n) is 4.35. The topological polar surface area (TPSA) is 64.0 Å². The molecule has 3 aromatic rings. The Kier molecular flexibility index (Phi) is 7.21. The molecule has 7 nitrogen and oxygen atoms in total. The number of carbonyl (C=O) groups excluding carboxylic acids is 2. The Labute approximate surface area is 200 Å². The number of amides is 2. The third kappa shape index (κ3) is 5.09. The highest BCUT2D eigenvalue weighted by Gasteiger charge is 2.34. The maximum absolute atomic E-state index is 13.6. The Bertz CT molecular complexity index is 1130. The molecule has 1 aromatic heterocycles. The van der Waals surface area contributed by atoms with Gasteiger partial charge in [-0.2, -0.15) is 0 Å². The molecule has 0 saturated carbocycles. The van der Waals surface area contributed by atoms with E-state index in [0.29, 0.717) is 18.8 Å². The van der Waals surface area contributed by atoms with Gasteiger partial charge >= 0.3 is 0 Å². The maximum Gasteiger partial charge on any atom is 0.261 e. The van der Waals surface area contributed by atoms with E-state index >= 15 is 0 Å². The molecule has 1 atom stereocenters. The second kappa shape index (κ2) is 10.5. The molecule has 34 heavy (non-hydrogen) atoms. The zero-order valence-corrected chi connectivity index (χ0v) is 19.9. The van der Waals surface area contributed by atoms with E-state index in [-0.39, 0.29) is 37.0 Å². The highest BCUT2D eigenvalue weighted by atomic mass is 16.5. The van der Waals surface area contributed by atoms with Crippen molar-refractivity contribution in [3.05, 3.63) is 84.2 Å². The van der Waals surface area contributed by atoms with Crippen molar-refractivity contribution in [2.75, 3.05) is 26.8 Å². The summed E-state index contributed by atoms with van der Waals surface area (Å²) in [6.45, 7) is 4.97. The van der Waals surface area contributed by atoms with Crippen molar-refractivity contribution in [3.8, 4) is 11.5 Å². The van der Waals surface area contributed by atoms with Crippen LogP contribution in [0.4, 0.5) is 0 Å². The first-order valence-electron chi connectivity index (χ1n) is 11.5. The highest BCUT2D eigenvalue weighted by molar-refractivity contribution is 5.86. The molecule has 1 aliphatic rings. The SMILES string of the molecule is COc1cccc(C2c3cccn3CCN2C(=O)CN(C(=O)COc2ccccc2)C(C)C)c1. The molecule has 0 spiro atoms. The quantitative estimate of drug-likeness (QED) is 0.513. The minimum atomic E-state index is -0.254. The summed E-state index contributed by atoms with van der Waals surface area (Å²) in [4.78, 5) is 30.0. The first kappa shape index (κ1) is 23.4. The fourth-order valence-corrected chi connectivity index (χ4v) is 4.35. The van der Waals surface area contributed by atoms with Gasteiger partial charge in [-0.1, -0.05) is 30.3 Å². The Morgan fingerprint density at radius 1 is 1.00 bits per heavy atom. The molecule has 0 radical (unpaired) electrons. The Morgan fingerprint density at radius 2 is 1.76 bits per heavy atom. The zero-order valence-electron chi connectivity index (χ0n) is 19.9. The van der Waals surface area contributed by atoms with E-state index in [1.807, 2.05) is 79.5 Å². The van der Waals surface area contributed by atoms with Gasteiger partial charge in [0, 0.05) is 31.0 Å². The van der Waals surface area contributed by atoms with Crippen molar-refractivity contribution in [2.45, 2.75) is 32.5 Å². The van der Waals surface area contributed by atoms with Crippen molar-refractivity contribution in [1.82, 2.24) is 14.4 Å². The number of para-hydroxylation sites is 1. The molecule has 2 aromatic carbocycles. The molecular formula is C27H31N3O4. The summed E-state index contributed by atoms with van der Waals surface area (Å²) in [5.74, 6) is 1.05. The Hall–Kier alpha value is -3.74. The molecule has 0 saturated heterocycles. The van der Waals surface area contributed by atoms with Crippen LogP contribution in [0.15, 0.2) is 72.9 Å². The summed E-state index contributed by atoms with van der Waals surface area (Å²) in [6, 6.07) is 20.7. The Morgan fingerprint density at radius 3 is 2.50 bits per heavy atom. The molecule has 0 N–H and O–H groups in total. The molecule has 0 aliphatic carbocycles. The lowest BCUT2D eigenvalue weighted by molar-refractivity contribution is -0.144. The van der Waals surface area contributed by atoms with Gasteiger partial charge in [0.1, 0.15) is 18.0 Å². The predicted molar refractivity (Wildman–Crippen MR) is 130 cm³/mol. The van der Waals surface area contributed by atoms with Gasteiger partial charge in [0.25, 0.3) is 5.91 Å². The van der Waals surface area contributed by atoms with Crippen LogP contribution in [0.1, 0.15) is 31.1 Å². The third-order valence-corrected chi connectivity index (χ3v) is 6.12. The zero-order chi connectivity index (χ0) is 24.1. The number of carbonyl (C=O) groups is 2. The summed E-state index contributed by atoms with van der Waals surface area (Å²) in [7, 11) is 1.63. The van der Waals surface area contributed by atoms with Crippen molar-refractivity contribution >= 4 is 11.8 Å². The van der Waals surface area contributed by atoms with Gasteiger partial charge in [-0.05, 0) is 55.8 Å². The average Bonchev–Trinajstić information content (AvgIpc) is 3.34. The van der Waals surface area contributed by atoms with Crippen LogP contribution in [0.25, 0.3) is 0 Å². The molecule has 0 bridgehead atoms. The summed E-state index contributed by atoms with van der Waals surface area (Å²) in [5.41, 5.74) is 2.02. The van der Waals surface area contributed by atoms with Crippen molar-refractivity contribution in [3.63, 3.8) is 0 Å². The Balaban J connectivity index is 1.53. The molecule has 0 fully saturated rings. The third-order valence-electron chi connectivity index (χ3n) is 6.12. The van der Waals surface area contributed by atoms with Crippen LogP contribution >= 0.6 is 0 Å². The van der Waals surface area contributed by atoms with Gasteiger partial charge in [0.05, 0.1) is 13.2 Å². The number of ether oxygens (including phenoxy) is 2. The number of fused-ring (bicyclic) bond motifs is 1. The summed E-state index contributed by atoms with van der Waals surface area (Å²) < 4.78 is 13.2. The van der Waals surface area contributed by atoms with Crippen LogP contribution in [0.2, 0.25) is 0 Å². The summed E-state index contributed by atoms with van der Waals surface area (Å²) in [6.07, 6.45) is 2.04. The van der Waals surface area contributed by atoms with Crippen LogP contribution in [-0.4, -0.2) is 59.0 Å². The van der Waals surface area contributed by atoms with Crippen LogP contribution in [-0.2, 0) is 16.1 Å². The first-order valence-corrected chi connectivity index (χ1v) is 11.5. The van der Waals surface area contributed by atoms with E-state index in [1.165, 1.54) is 0 Å². The molecule has 2 heterocycles. The van der Waals surface area contributed by atoms with Crippen LogP contribution < -0.4 is 9.47 Å². The number of rotatable bonds is 8. The average molecular weight is 462 g/mol. The van der Waals surface area contributed by atoms with Gasteiger partial charge in [-0.25, -0.2) is 0 Å². The lowest BCUT2D eigenvalue weighted by atomic mass is 9.99. The normalized spacial score (nSPS) is 15.1. The van der Waals surface area contributed by atoms with E-state index in [9.17, 15) is 9.59 Å². The predicted octanol–water partition coefficient (Wildman–Crippen LogP) is 3.74. The van der Waals surface area contributed by atoms with Crippen molar-refractivity contribution in [2.24, 2.45) is 0 Å². The molecular weight excluding hydrogens is 430 g/mol. The maximum atomic E-state index is 13.6. The first-order chi connectivity index (χ1) is 16.5. The van der Waals surface area contributed by atoms with E-state index in [2.05, 4.69) is 4.57 Å².